The highest BCUT2D eigenvalue weighted by atomic mass is 32.2. The second kappa shape index (κ2) is 5.88. The van der Waals surface area contributed by atoms with Crippen LogP contribution in [0.5, 0.6) is 0 Å². The van der Waals surface area contributed by atoms with E-state index in [4.69, 9.17) is 4.99 Å². The summed E-state index contributed by atoms with van der Waals surface area (Å²) in [4.78, 5) is 12.0. The van der Waals surface area contributed by atoms with E-state index in [9.17, 15) is 0 Å². The number of hydrogen-bond acceptors (Lipinski definition) is 3. The van der Waals surface area contributed by atoms with Crippen LogP contribution in [-0.2, 0) is 13.0 Å². The van der Waals surface area contributed by atoms with Gasteiger partial charge < -0.3 is 4.90 Å². The standard InChI is InChI=1S/C21H19N3S/c1-14-9-19-16(11-22-14)7-4-8-20(19)23-21-24-12-17-6-3-2-5-15(17)10-18(24)13-25-21/h2-9,11,18H,10,12-13H2,1H3/t18-/m0/s1. The normalized spacial score (nSPS) is 20.8. The van der Waals surface area contributed by atoms with Crippen molar-refractivity contribution in [1.29, 1.82) is 0 Å². The summed E-state index contributed by atoms with van der Waals surface area (Å²) in [6.07, 6.45) is 3.07. The van der Waals surface area contributed by atoms with E-state index in [0.29, 0.717) is 6.04 Å². The summed E-state index contributed by atoms with van der Waals surface area (Å²) >= 11 is 1.89. The third-order valence-corrected chi connectivity index (χ3v) is 6.23. The summed E-state index contributed by atoms with van der Waals surface area (Å²) in [6.45, 7) is 3.00. The van der Waals surface area contributed by atoms with Crippen molar-refractivity contribution in [3.8, 4) is 0 Å². The summed E-state index contributed by atoms with van der Waals surface area (Å²) in [5.41, 5.74) is 5.01. The average molecular weight is 345 g/mol. The van der Waals surface area contributed by atoms with Crippen LogP contribution in [0.3, 0.4) is 0 Å². The van der Waals surface area contributed by atoms with Crippen molar-refractivity contribution in [3.05, 3.63) is 71.5 Å². The molecule has 0 amide bonds. The molecule has 3 aromatic rings. The van der Waals surface area contributed by atoms with Crippen LogP contribution in [0.1, 0.15) is 16.8 Å². The molecule has 0 saturated carbocycles. The van der Waals surface area contributed by atoms with Gasteiger partial charge in [-0.1, -0.05) is 48.2 Å². The molecule has 0 radical (unpaired) electrons. The van der Waals surface area contributed by atoms with Crippen molar-refractivity contribution < 1.29 is 0 Å². The first-order valence-corrected chi connectivity index (χ1v) is 9.67. The van der Waals surface area contributed by atoms with Gasteiger partial charge in [0, 0.05) is 41.0 Å². The quantitative estimate of drug-likeness (QED) is 0.640. The number of rotatable bonds is 1. The molecule has 1 saturated heterocycles. The number of amidine groups is 1. The fourth-order valence-electron chi connectivity index (χ4n) is 3.77. The van der Waals surface area contributed by atoms with Crippen molar-refractivity contribution in [2.75, 3.05) is 5.75 Å². The van der Waals surface area contributed by atoms with Gasteiger partial charge in [0.1, 0.15) is 0 Å². The van der Waals surface area contributed by atoms with Gasteiger partial charge in [0.25, 0.3) is 0 Å². The molecule has 2 aliphatic rings. The monoisotopic (exact) mass is 345 g/mol. The lowest BCUT2D eigenvalue weighted by atomic mass is 9.95. The Morgan fingerprint density at radius 1 is 1.12 bits per heavy atom. The van der Waals surface area contributed by atoms with Crippen LogP contribution in [0.15, 0.2) is 59.7 Å². The summed E-state index contributed by atoms with van der Waals surface area (Å²) < 4.78 is 0. The summed E-state index contributed by atoms with van der Waals surface area (Å²) in [5.74, 6) is 1.12. The Balaban J connectivity index is 1.55. The molecular formula is C21H19N3S. The topological polar surface area (TPSA) is 28.5 Å². The van der Waals surface area contributed by atoms with Crippen LogP contribution in [0.4, 0.5) is 5.69 Å². The van der Waals surface area contributed by atoms with Gasteiger partial charge in [-0.25, -0.2) is 4.99 Å². The molecule has 3 nitrogen and oxygen atoms in total. The number of nitrogens with zero attached hydrogens (tertiary/aromatic N) is 3. The maximum atomic E-state index is 5.06. The molecule has 25 heavy (non-hydrogen) atoms. The highest BCUT2D eigenvalue weighted by molar-refractivity contribution is 8.14. The molecule has 1 fully saturated rings. The maximum absolute atomic E-state index is 5.06. The average Bonchev–Trinajstić information content (AvgIpc) is 3.02. The molecule has 1 aromatic heterocycles. The molecule has 0 aliphatic carbocycles. The first kappa shape index (κ1) is 15.0. The van der Waals surface area contributed by atoms with Gasteiger partial charge in [-0.05, 0) is 36.6 Å². The summed E-state index contributed by atoms with van der Waals surface area (Å²) in [6, 6.07) is 17.8. The fraction of sp³-hybridized carbons (Fsp3) is 0.238. The molecule has 2 aromatic carbocycles. The van der Waals surface area contributed by atoms with Crippen LogP contribution in [-0.4, -0.2) is 26.8 Å². The van der Waals surface area contributed by atoms with E-state index in [1.165, 1.54) is 16.5 Å². The number of thioether (sulfide) groups is 1. The zero-order valence-corrected chi connectivity index (χ0v) is 15.0. The number of benzene rings is 2. The zero-order chi connectivity index (χ0) is 16.8. The summed E-state index contributed by atoms with van der Waals surface area (Å²) in [5, 5.41) is 3.49. The molecule has 0 N–H and O–H groups in total. The Kier molecular flexibility index (Phi) is 3.52. The minimum Gasteiger partial charge on any atom is -0.343 e. The second-order valence-corrected chi connectivity index (χ2v) is 7.77. The third kappa shape index (κ3) is 2.61. The highest BCUT2D eigenvalue weighted by Gasteiger charge is 2.34. The lowest BCUT2D eigenvalue weighted by Gasteiger charge is -2.32. The van der Waals surface area contributed by atoms with Gasteiger partial charge in [0.2, 0.25) is 0 Å². The van der Waals surface area contributed by atoms with E-state index in [1.807, 2.05) is 24.9 Å². The van der Waals surface area contributed by atoms with Crippen LogP contribution in [0.25, 0.3) is 10.8 Å². The number of aromatic nitrogens is 1. The minimum absolute atomic E-state index is 0.567. The lowest BCUT2D eigenvalue weighted by molar-refractivity contribution is 0.320. The predicted molar refractivity (Wildman–Crippen MR) is 106 cm³/mol. The number of aliphatic imine (C=N–C) groups is 1. The van der Waals surface area contributed by atoms with Crippen molar-refractivity contribution in [3.63, 3.8) is 0 Å². The SMILES string of the molecule is Cc1cc2c(N=C3SC[C@@H]4Cc5ccccc5CN34)cccc2cn1. The minimum atomic E-state index is 0.567. The van der Waals surface area contributed by atoms with E-state index < -0.39 is 0 Å². The Morgan fingerprint density at radius 2 is 2.00 bits per heavy atom. The molecule has 0 spiro atoms. The first-order chi connectivity index (χ1) is 12.3. The Morgan fingerprint density at radius 3 is 2.92 bits per heavy atom. The zero-order valence-electron chi connectivity index (χ0n) is 14.1. The van der Waals surface area contributed by atoms with Crippen LogP contribution in [0, 0.1) is 6.92 Å². The van der Waals surface area contributed by atoms with Crippen molar-refractivity contribution in [2.45, 2.75) is 25.9 Å². The van der Waals surface area contributed by atoms with E-state index in [0.717, 1.165) is 40.7 Å². The molecular weight excluding hydrogens is 326 g/mol. The number of aryl methyl sites for hydroxylation is 1. The highest BCUT2D eigenvalue weighted by Crippen LogP contribution is 2.36. The van der Waals surface area contributed by atoms with Crippen LogP contribution in [0.2, 0.25) is 0 Å². The van der Waals surface area contributed by atoms with Gasteiger partial charge in [-0.3, -0.25) is 4.98 Å². The lowest BCUT2D eigenvalue weighted by Crippen LogP contribution is -2.38. The summed E-state index contributed by atoms with van der Waals surface area (Å²) in [7, 11) is 0. The van der Waals surface area contributed by atoms with Gasteiger partial charge in [-0.15, -0.1) is 0 Å². The van der Waals surface area contributed by atoms with Crippen molar-refractivity contribution >= 4 is 33.4 Å². The van der Waals surface area contributed by atoms with Crippen molar-refractivity contribution in [1.82, 2.24) is 9.88 Å². The smallest absolute Gasteiger partial charge is 0.165 e. The van der Waals surface area contributed by atoms with Crippen molar-refractivity contribution in [2.24, 2.45) is 4.99 Å². The number of hydrogen-bond donors (Lipinski definition) is 0. The van der Waals surface area contributed by atoms with E-state index in [-0.39, 0.29) is 0 Å². The molecule has 4 heteroatoms. The molecule has 124 valence electrons. The largest absolute Gasteiger partial charge is 0.343 e. The van der Waals surface area contributed by atoms with Gasteiger partial charge in [-0.2, -0.15) is 0 Å². The first-order valence-electron chi connectivity index (χ1n) is 8.68. The molecule has 0 unspecified atom stereocenters. The molecule has 1 atom stereocenters. The van der Waals surface area contributed by atoms with E-state index in [2.05, 4.69) is 58.4 Å². The Hall–Kier alpha value is -2.33. The molecule has 3 heterocycles. The molecule has 0 bridgehead atoms. The Labute approximate surface area is 151 Å². The Bertz CT molecular complexity index is 995. The number of pyridine rings is 1. The number of fused-ring (bicyclic) bond motifs is 3. The van der Waals surface area contributed by atoms with Gasteiger partial charge in [0.15, 0.2) is 5.17 Å². The predicted octanol–water partition coefficient (Wildman–Crippen LogP) is 4.70. The van der Waals surface area contributed by atoms with E-state index >= 15 is 0 Å². The van der Waals surface area contributed by atoms with Gasteiger partial charge >= 0.3 is 0 Å². The van der Waals surface area contributed by atoms with E-state index in [1.54, 1.807) is 0 Å². The van der Waals surface area contributed by atoms with Crippen LogP contribution >= 0.6 is 11.8 Å². The molecule has 2 aliphatic heterocycles. The molecule has 5 rings (SSSR count). The van der Waals surface area contributed by atoms with Gasteiger partial charge in [0.05, 0.1) is 5.69 Å². The maximum Gasteiger partial charge on any atom is 0.165 e. The fourth-order valence-corrected chi connectivity index (χ4v) is 4.95. The third-order valence-electron chi connectivity index (χ3n) is 5.10. The second-order valence-electron chi connectivity index (χ2n) is 6.78. The van der Waals surface area contributed by atoms with Crippen LogP contribution < -0.4 is 0 Å².